The lowest BCUT2D eigenvalue weighted by Gasteiger charge is -2.42. The average Bonchev–Trinajstić information content (AvgIpc) is 2.15. The highest BCUT2D eigenvalue weighted by atomic mass is 16.6. The highest BCUT2D eigenvalue weighted by Crippen LogP contribution is 2.29. The smallest absolute Gasteiger partial charge is 0.411 e. The van der Waals surface area contributed by atoms with Crippen LogP contribution < -0.4 is 5.73 Å². The number of rotatable bonds is 1. The predicted molar refractivity (Wildman–Crippen MR) is 64.4 cm³/mol. The Balaban J connectivity index is 2.86. The van der Waals surface area contributed by atoms with Crippen LogP contribution in [-0.2, 0) is 9.53 Å². The quantitative estimate of drug-likeness (QED) is 0.760. The van der Waals surface area contributed by atoms with Crippen LogP contribution in [0.2, 0.25) is 0 Å². The Kier molecular flexibility index (Phi) is 3.69. The largest absolute Gasteiger partial charge is 0.444 e. The molecule has 5 nitrogen and oxygen atoms in total. The second kappa shape index (κ2) is 4.55. The third-order valence-electron chi connectivity index (χ3n) is 3.04. The van der Waals surface area contributed by atoms with Gasteiger partial charge in [0.15, 0.2) is 0 Å². The summed E-state index contributed by atoms with van der Waals surface area (Å²) in [6.45, 7) is 7.64. The van der Waals surface area contributed by atoms with Crippen LogP contribution in [0.5, 0.6) is 0 Å². The van der Waals surface area contributed by atoms with Crippen LogP contribution in [0.15, 0.2) is 0 Å². The van der Waals surface area contributed by atoms with Gasteiger partial charge in [-0.25, -0.2) is 4.79 Å². The lowest BCUT2D eigenvalue weighted by atomic mass is 9.88. The minimum absolute atomic E-state index is 0.460. The van der Waals surface area contributed by atoms with E-state index in [1.165, 1.54) is 4.90 Å². The summed E-state index contributed by atoms with van der Waals surface area (Å²) in [5.41, 5.74) is 3.93. The number of amides is 2. The van der Waals surface area contributed by atoms with Gasteiger partial charge >= 0.3 is 6.09 Å². The van der Waals surface area contributed by atoms with E-state index in [4.69, 9.17) is 10.5 Å². The van der Waals surface area contributed by atoms with Crippen molar-refractivity contribution in [2.24, 2.45) is 5.73 Å². The Hall–Kier alpha value is -1.26. The average molecular weight is 242 g/mol. The van der Waals surface area contributed by atoms with Crippen LogP contribution in [0.25, 0.3) is 0 Å². The molecule has 0 aromatic carbocycles. The van der Waals surface area contributed by atoms with Gasteiger partial charge in [-0.2, -0.15) is 0 Å². The number of carbonyl (C=O) groups excluding carboxylic acids is 2. The summed E-state index contributed by atoms with van der Waals surface area (Å²) in [6.07, 6.45) is 1.92. The van der Waals surface area contributed by atoms with Crippen molar-refractivity contribution in [1.82, 2.24) is 4.90 Å². The van der Waals surface area contributed by atoms with Crippen molar-refractivity contribution in [3.05, 3.63) is 0 Å². The summed E-state index contributed by atoms with van der Waals surface area (Å²) in [6, 6.07) is 0. The van der Waals surface area contributed by atoms with E-state index in [1.54, 1.807) is 27.7 Å². The molecule has 0 aromatic heterocycles. The van der Waals surface area contributed by atoms with Gasteiger partial charge in [-0.15, -0.1) is 0 Å². The highest BCUT2D eigenvalue weighted by Gasteiger charge is 2.43. The SMILES string of the molecule is CC(C)(C)OC(=O)N1CCCCC1(C)C(N)=O. The molecule has 1 aliphatic heterocycles. The maximum Gasteiger partial charge on any atom is 0.411 e. The summed E-state index contributed by atoms with van der Waals surface area (Å²) >= 11 is 0. The highest BCUT2D eigenvalue weighted by molar-refractivity contribution is 5.88. The van der Waals surface area contributed by atoms with Crippen molar-refractivity contribution in [3.8, 4) is 0 Å². The summed E-state index contributed by atoms with van der Waals surface area (Å²) in [4.78, 5) is 25.0. The van der Waals surface area contributed by atoms with Gasteiger partial charge in [-0.3, -0.25) is 9.69 Å². The monoisotopic (exact) mass is 242 g/mol. The van der Waals surface area contributed by atoms with E-state index >= 15 is 0 Å². The van der Waals surface area contributed by atoms with Gasteiger partial charge in [0.1, 0.15) is 11.1 Å². The van der Waals surface area contributed by atoms with E-state index in [-0.39, 0.29) is 0 Å². The standard InChI is InChI=1S/C12H22N2O3/c1-11(2,3)17-10(16)14-8-6-5-7-12(14,4)9(13)15/h5-8H2,1-4H3,(H2,13,15). The molecule has 2 N–H and O–H groups in total. The molecule has 5 heteroatoms. The zero-order valence-corrected chi connectivity index (χ0v) is 11.1. The van der Waals surface area contributed by atoms with Crippen molar-refractivity contribution in [3.63, 3.8) is 0 Å². The first kappa shape index (κ1) is 13.8. The van der Waals surface area contributed by atoms with Crippen LogP contribution >= 0.6 is 0 Å². The van der Waals surface area contributed by atoms with Gasteiger partial charge < -0.3 is 10.5 Å². The van der Waals surface area contributed by atoms with Crippen LogP contribution in [0, 0.1) is 0 Å². The molecule has 1 unspecified atom stereocenters. The maximum atomic E-state index is 12.0. The minimum atomic E-state index is -0.916. The van der Waals surface area contributed by atoms with Crippen molar-refractivity contribution >= 4 is 12.0 Å². The maximum absolute atomic E-state index is 12.0. The summed E-state index contributed by atoms with van der Waals surface area (Å²) < 4.78 is 5.30. The molecule has 0 aliphatic carbocycles. The number of primary amides is 1. The van der Waals surface area contributed by atoms with E-state index in [9.17, 15) is 9.59 Å². The molecular formula is C12H22N2O3. The number of carbonyl (C=O) groups is 2. The fourth-order valence-electron chi connectivity index (χ4n) is 1.99. The summed E-state index contributed by atoms with van der Waals surface area (Å²) in [5.74, 6) is -0.469. The van der Waals surface area contributed by atoms with Gasteiger partial charge in [0.2, 0.25) is 5.91 Å². The van der Waals surface area contributed by atoms with Gasteiger partial charge in [0.05, 0.1) is 0 Å². The first-order chi connectivity index (χ1) is 7.67. The van der Waals surface area contributed by atoms with Gasteiger partial charge in [0.25, 0.3) is 0 Å². The van der Waals surface area contributed by atoms with Crippen LogP contribution in [0.1, 0.15) is 47.0 Å². The normalized spacial score (nSPS) is 25.5. The molecule has 1 heterocycles. The lowest BCUT2D eigenvalue weighted by Crippen LogP contribution is -2.60. The first-order valence-electron chi connectivity index (χ1n) is 5.97. The molecular weight excluding hydrogens is 220 g/mol. The molecule has 0 bridgehead atoms. The summed E-state index contributed by atoms with van der Waals surface area (Å²) in [5, 5.41) is 0. The molecule has 1 saturated heterocycles. The molecule has 0 saturated carbocycles. The topological polar surface area (TPSA) is 72.6 Å². The number of hydrogen-bond acceptors (Lipinski definition) is 3. The van der Waals surface area contributed by atoms with E-state index in [1.807, 2.05) is 0 Å². The van der Waals surface area contributed by atoms with Crippen molar-refractivity contribution in [1.29, 1.82) is 0 Å². The van der Waals surface area contributed by atoms with Gasteiger partial charge in [-0.05, 0) is 47.0 Å². The van der Waals surface area contributed by atoms with Gasteiger partial charge in [0, 0.05) is 6.54 Å². The van der Waals surface area contributed by atoms with Crippen molar-refractivity contribution < 1.29 is 14.3 Å². The Bertz CT molecular complexity index is 322. The zero-order valence-electron chi connectivity index (χ0n) is 11.1. The molecule has 98 valence electrons. The number of nitrogens with two attached hydrogens (primary N) is 1. The van der Waals surface area contributed by atoms with E-state index in [0.29, 0.717) is 13.0 Å². The predicted octanol–water partition coefficient (Wildman–Crippen LogP) is 1.65. The first-order valence-corrected chi connectivity index (χ1v) is 5.97. The second-order valence-corrected chi connectivity index (χ2v) is 5.73. The number of ether oxygens (including phenoxy) is 1. The van der Waals surface area contributed by atoms with Gasteiger partial charge in [-0.1, -0.05) is 0 Å². The fraction of sp³-hybridized carbons (Fsp3) is 0.833. The fourth-order valence-corrected chi connectivity index (χ4v) is 1.99. The number of piperidine rings is 1. The second-order valence-electron chi connectivity index (χ2n) is 5.73. The third kappa shape index (κ3) is 3.11. The van der Waals surface area contributed by atoms with Crippen molar-refractivity contribution in [2.45, 2.75) is 58.1 Å². The number of hydrogen-bond donors (Lipinski definition) is 1. The molecule has 17 heavy (non-hydrogen) atoms. The molecule has 1 fully saturated rings. The molecule has 2 amide bonds. The lowest BCUT2D eigenvalue weighted by molar-refractivity contribution is -0.131. The molecule has 0 radical (unpaired) electrons. The number of nitrogens with zero attached hydrogens (tertiary/aromatic N) is 1. The Morgan fingerprint density at radius 3 is 2.35 bits per heavy atom. The third-order valence-corrected chi connectivity index (χ3v) is 3.04. The molecule has 1 rings (SSSR count). The Labute approximate surface area is 102 Å². The molecule has 1 aliphatic rings. The minimum Gasteiger partial charge on any atom is -0.444 e. The molecule has 0 aromatic rings. The summed E-state index contributed by atoms with van der Waals surface area (Å²) in [7, 11) is 0. The number of likely N-dealkylation sites (tertiary alicyclic amines) is 1. The van der Waals surface area contributed by atoms with E-state index in [2.05, 4.69) is 0 Å². The van der Waals surface area contributed by atoms with Crippen molar-refractivity contribution in [2.75, 3.05) is 6.54 Å². The van der Waals surface area contributed by atoms with E-state index < -0.39 is 23.1 Å². The zero-order chi connectivity index (χ0) is 13.3. The molecule has 0 spiro atoms. The van der Waals surface area contributed by atoms with Crippen LogP contribution in [0.3, 0.4) is 0 Å². The van der Waals surface area contributed by atoms with E-state index in [0.717, 1.165) is 12.8 Å². The Morgan fingerprint density at radius 1 is 1.29 bits per heavy atom. The Morgan fingerprint density at radius 2 is 1.88 bits per heavy atom. The molecule has 1 atom stereocenters. The van der Waals surface area contributed by atoms with Crippen LogP contribution in [-0.4, -0.2) is 34.6 Å². The van der Waals surface area contributed by atoms with Crippen LogP contribution in [0.4, 0.5) is 4.79 Å².